The second-order valence-electron chi connectivity index (χ2n) is 5.37. The van der Waals surface area contributed by atoms with Crippen LogP contribution in [0.2, 0.25) is 0 Å². The minimum atomic E-state index is -0.0352. The Kier molecular flexibility index (Phi) is 4.58. The first-order valence-corrected chi connectivity index (χ1v) is 7.18. The van der Waals surface area contributed by atoms with Gasteiger partial charge in [-0.2, -0.15) is 0 Å². The quantitative estimate of drug-likeness (QED) is 0.814. The van der Waals surface area contributed by atoms with Gasteiger partial charge in [0.25, 0.3) is 5.56 Å². The molecule has 1 aromatic heterocycles. The summed E-state index contributed by atoms with van der Waals surface area (Å²) in [5.41, 5.74) is -0.0352. The number of aromatic nitrogens is 2. The fourth-order valence-electron chi connectivity index (χ4n) is 2.31. The molecule has 0 unspecified atom stereocenters. The molecule has 0 saturated heterocycles. The second kappa shape index (κ2) is 6.19. The molecule has 0 atom stereocenters. The topological polar surface area (TPSA) is 50.2 Å². The van der Waals surface area contributed by atoms with Gasteiger partial charge < -0.3 is 9.88 Å². The lowest BCUT2D eigenvalue weighted by atomic mass is 10.4. The van der Waals surface area contributed by atoms with Crippen LogP contribution < -0.4 is 10.9 Å². The molecule has 1 N–H and O–H groups in total. The van der Waals surface area contributed by atoms with Crippen molar-refractivity contribution in [1.29, 1.82) is 0 Å². The van der Waals surface area contributed by atoms with Crippen LogP contribution in [0.4, 0.5) is 5.82 Å². The number of nitrogens with one attached hydrogen (secondary N) is 1. The average molecular weight is 264 g/mol. The molecule has 106 valence electrons. The SMILES string of the molecule is CCN(CCNc1nccn(C(C)C)c1=O)C1CC1. The zero-order valence-corrected chi connectivity index (χ0v) is 12.1. The first kappa shape index (κ1) is 14.1. The lowest BCUT2D eigenvalue weighted by Crippen LogP contribution is -2.33. The Morgan fingerprint density at radius 2 is 2.26 bits per heavy atom. The van der Waals surface area contributed by atoms with Gasteiger partial charge in [0.05, 0.1) is 0 Å². The summed E-state index contributed by atoms with van der Waals surface area (Å²) in [5.74, 6) is 0.461. The summed E-state index contributed by atoms with van der Waals surface area (Å²) in [6.45, 7) is 9.00. The van der Waals surface area contributed by atoms with Crippen molar-refractivity contribution in [3.05, 3.63) is 22.7 Å². The van der Waals surface area contributed by atoms with Crippen LogP contribution in [0.3, 0.4) is 0 Å². The van der Waals surface area contributed by atoms with Crippen LogP contribution in [0.25, 0.3) is 0 Å². The Morgan fingerprint density at radius 3 is 2.84 bits per heavy atom. The predicted molar refractivity (Wildman–Crippen MR) is 77.6 cm³/mol. The summed E-state index contributed by atoms with van der Waals surface area (Å²) >= 11 is 0. The minimum Gasteiger partial charge on any atom is -0.364 e. The summed E-state index contributed by atoms with van der Waals surface area (Å²) in [5, 5.41) is 3.17. The minimum absolute atomic E-state index is 0.0352. The molecule has 5 nitrogen and oxygen atoms in total. The molecule has 1 saturated carbocycles. The lowest BCUT2D eigenvalue weighted by molar-refractivity contribution is 0.289. The standard InChI is InChI=1S/C14H24N4O/c1-4-17(12-5-6-12)9-7-15-13-14(19)18(11(2)3)10-8-16-13/h8,10-12H,4-7,9H2,1-3H3,(H,15,16). The van der Waals surface area contributed by atoms with E-state index in [0.717, 1.165) is 25.7 Å². The Balaban J connectivity index is 1.92. The third kappa shape index (κ3) is 3.56. The Bertz CT molecular complexity index is 465. The van der Waals surface area contributed by atoms with Gasteiger partial charge in [0.15, 0.2) is 5.82 Å². The average Bonchev–Trinajstić information content (AvgIpc) is 3.20. The van der Waals surface area contributed by atoms with Crippen LogP contribution in [-0.2, 0) is 0 Å². The van der Waals surface area contributed by atoms with Crippen molar-refractivity contribution in [2.24, 2.45) is 0 Å². The molecule has 1 aliphatic carbocycles. The van der Waals surface area contributed by atoms with Crippen molar-refractivity contribution < 1.29 is 0 Å². The highest BCUT2D eigenvalue weighted by molar-refractivity contribution is 5.30. The van der Waals surface area contributed by atoms with E-state index in [2.05, 4.69) is 22.1 Å². The van der Waals surface area contributed by atoms with Crippen molar-refractivity contribution in [2.45, 2.75) is 45.7 Å². The summed E-state index contributed by atoms with van der Waals surface area (Å²) in [6.07, 6.45) is 6.05. The number of anilines is 1. The van der Waals surface area contributed by atoms with E-state index in [4.69, 9.17) is 0 Å². The molecular formula is C14H24N4O. The summed E-state index contributed by atoms with van der Waals surface area (Å²) in [4.78, 5) is 18.7. The molecule has 0 spiro atoms. The van der Waals surface area contributed by atoms with E-state index >= 15 is 0 Å². The highest BCUT2D eigenvalue weighted by Crippen LogP contribution is 2.25. The van der Waals surface area contributed by atoms with E-state index < -0.39 is 0 Å². The highest BCUT2D eigenvalue weighted by Gasteiger charge is 2.27. The number of nitrogens with zero attached hydrogens (tertiary/aromatic N) is 3. The first-order valence-electron chi connectivity index (χ1n) is 7.18. The third-order valence-electron chi connectivity index (χ3n) is 3.59. The zero-order valence-electron chi connectivity index (χ0n) is 12.1. The van der Waals surface area contributed by atoms with Crippen molar-refractivity contribution in [1.82, 2.24) is 14.5 Å². The fourth-order valence-corrected chi connectivity index (χ4v) is 2.31. The van der Waals surface area contributed by atoms with E-state index in [1.54, 1.807) is 17.0 Å². The molecule has 0 radical (unpaired) electrons. The van der Waals surface area contributed by atoms with Gasteiger partial charge in [0, 0.05) is 37.6 Å². The van der Waals surface area contributed by atoms with Crippen LogP contribution in [0, 0.1) is 0 Å². The molecule has 1 heterocycles. The van der Waals surface area contributed by atoms with Crippen LogP contribution >= 0.6 is 0 Å². The second-order valence-corrected chi connectivity index (χ2v) is 5.37. The molecule has 0 aromatic carbocycles. The molecule has 1 aromatic rings. The molecule has 2 rings (SSSR count). The van der Waals surface area contributed by atoms with Gasteiger partial charge in [-0.1, -0.05) is 6.92 Å². The zero-order chi connectivity index (χ0) is 13.8. The van der Waals surface area contributed by atoms with Gasteiger partial charge in [-0.3, -0.25) is 9.69 Å². The summed E-state index contributed by atoms with van der Waals surface area (Å²) < 4.78 is 1.70. The van der Waals surface area contributed by atoms with E-state index in [-0.39, 0.29) is 11.6 Å². The fraction of sp³-hybridized carbons (Fsp3) is 0.714. The van der Waals surface area contributed by atoms with Gasteiger partial charge >= 0.3 is 0 Å². The van der Waals surface area contributed by atoms with E-state index in [0.29, 0.717) is 5.82 Å². The van der Waals surface area contributed by atoms with Crippen LogP contribution in [0.5, 0.6) is 0 Å². The summed E-state index contributed by atoms with van der Waals surface area (Å²) in [7, 11) is 0. The van der Waals surface area contributed by atoms with Gasteiger partial charge in [-0.15, -0.1) is 0 Å². The van der Waals surface area contributed by atoms with Gasteiger partial charge in [-0.05, 0) is 33.2 Å². The van der Waals surface area contributed by atoms with Crippen molar-refractivity contribution >= 4 is 5.82 Å². The molecule has 0 aliphatic heterocycles. The highest BCUT2D eigenvalue weighted by atomic mass is 16.1. The number of likely N-dealkylation sites (N-methyl/N-ethyl adjacent to an activating group) is 1. The number of hydrogen-bond acceptors (Lipinski definition) is 4. The first-order chi connectivity index (χ1) is 9.13. The Morgan fingerprint density at radius 1 is 1.53 bits per heavy atom. The predicted octanol–water partition coefficient (Wildman–Crippen LogP) is 1.72. The van der Waals surface area contributed by atoms with E-state index in [1.165, 1.54) is 12.8 Å². The maximum absolute atomic E-state index is 12.1. The maximum atomic E-state index is 12.1. The van der Waals surface area contributed by atoms with Crippen molar-refractivity contribution in [3.8, 4) is 0 Å². The largest absolute Gasteiger partial charge is 0.364 e. The van der Waals surface area contributed by atoms with Crippen LogP contribution in [0.15, 0.2) is 17.2 Å². The van der Waals surface area contributed by atoms with E-state index in [9.17, 15) is 4.79 Å². The molecule has 1 fully saturated rings. The molecule has 1 aliphatic rings. The van der Waals surface area contributed by atoms with E-state index in [1.807, 2.05) is 13.8 Å². The van der Waals surface area contributed by atoms with Crippen molar-refractivity contribution in [2.75, 3.05) is 25.0 Å². The van der Waals surface area contributed by atoms with Gasteiger partial charge in [0.2, 0.25) is 0 Å². The van der Waals surface area contributed by atoms with Gasteiger partial charge in [0.1, 0.15) is 0 Å². The number of rotatable bonds is 7. The smallest absolute Gasteiger partial charge is 0.293 e. The Hall–Kier alpha value is -1.36. The molecule has 19 heavy (non-hydrogen) atoms. The normalized spacial score (nSPS) is 15.2. The van der Waals surface area contributed by atoms with Crippen molar-refractivity contribution in [3.63, 3.8) is 0 Å². The molecule has 0 bridgehead atoms. The molecule has 0 amide bonds. The molecular weight excluding hydrogens is 240 g/mol. The third-order valence-corrected chi connectivity index (χ3v) is 3.59. The van der Waals surface area contributed by atoms with Gasteiger partial charge in [-0.25, -0.2) is 4.98 Å². The summed E-state index contributed by atoms with van der Waals surface area (Å²) in [6, 6.07) is 0.928. The number of hydrogen-bond donors (Lipinski definition) is 1. The maximum Gasteiger partial charge on any atom is 0.293 e. The monoisotopic (exact) mass is 264 g/mol. The Labute approximate surface area is 114 Å². The lowest BCUT2D eigenvalue weighted by Gasteiger charge is -2.20. The molecule has 5 heteroatoms. The van der Waals surface area contributed by atoms with Crippen LogP contribution in [-0.4, -0.2) is 40.1 Å². The van der Waals surface area contributed by atoms with Crippen LogP contribution in [0.1, 0.15) is 39.7 Å².